The highest BCUT2D eigenvalue weighted by atomic mass is 16.5. The number of nitrogens with one attached hydrogen (secondary N) is 1. The van der Waals surface area contributed by atoms with Crippen molar-refractivity contribution in [3.05, 3.63) is 24.4 Å². The zero-order valence-electron chi connectivity index (χ0n) is 16.5. The van der Waals surface area contributed by atoms with Gasteiger partial charge in [-0.1, -0.05) is 19.6 Å². The van der Waals surface area contributed by atoms with Gasteiger partial charge in [0.25, 0.3) is 0 Å². The van der Waals surface area contributed by atoms with Crippen molar-refractivity contribution in [2.24, 2.45) is 5.92 Å². The van der Waals surface area contributed by atoms with Crippen LogP contribution in [-0.4, -0.2) is 95.7 Å². The van der Waals surface area contributed by atoms with E-state index < -0.39 is 12.1 Å². The first-order valence-electron chi connectivity index (χ1n) is 10.0. The molecule has 2 N–H and O–H groups in total. The number of aliphatic carboxylic acids is 1. The lowest BCUT2D eigenvalue weighted by molar-refractivity contribution is -0.440. The fraction of sp³-hybridized carbons (Fsp3) is 0.650. The molecule has 28 heavy (non-hydrogen) atoms. The molecular weight excluding hydrogens is 360 g/mol. The third-order valence-corrected chi connectivity index (χ3v) is 5.79. The van der Waals surface area contributed by atoms with Crippen molar-refractivity contribution < 1.29 is 24.0 Å². The topological polar surface area (TPSA) is 85.1 Å². The predicted octanol–water partition coefficient (Wildman–Crippen LogP) is 0.749. The lowest BCUT2D eigenvalue weighted by atomic mass is 9.92. The van der Waals surface area contributed by atoms with Crippen LogP contribution in [-0.2, 0) is 9.53 Å². The summed E-state index contributed by atoms with van der Waals surface area (Å²) in [6.45, 7) is 10.3. The maximum Gasteiger partial charge on any atom is 0.407 e. The van der Waals surface area contributed by atoms with Gasteiger partial charge in [0.05, 0.1) is 5.92 Å². The molecule has 0 aliphatic carbocycles. The molecule has 3 unspecified atom stereocenters. The molecule has 2 bridgehead atoms. The smallest absolute Gasteiger partial charge is 0.407 e. The third-order valence-electron chi connectivity index (χ3n) is 5.79. The number of rotatable bonds is 8. The van der Waals surface area contributed by atoms with E-state index in [4.69, 9.17) is 9.84 Å². The van der Waals surface area contributed by atoms with Gasteiger partial charge in [0, 0.05) is 50.4 Å². The largest absolute Gasteiger partial charge is 0.477 e. The van der Waals surface area contributed by atoms with Crippen LogP contribution in [0.3, 0.4) is 0 Å². The Hall–Kier alpha value is -2.19. The standard InChI is InChI=1S/C20H30N4O4/c1-3-7-28-20(27)21-6-5-18-13-23-10-15-8-22(14-19(25)26)9-16(15)11-24(18)12-17(23)4-2/h3,8-9,15,17-18H,1,4-7,10-14H2,2H3,(H-,21,25,26,27)/p+1/t15?,17-,18+/m0/s1. The van der Waals surface area contributed by atoms with Gasteiger partial charge in [-0.15, -0.1) is 0 Å². The van der Waals surface area contributed by atoms with E-state index in [2.05, 4.69) is 34.8 Å². The van der Waals surface area contributed by atoms with E-state index in [1.165, 1.54) is 5.57 Å². The molecule has 3 saturated heterocycles. The molecule has 4 aliphatic heterocycles. The Bertz CT molecular complexity index is 675. The number of carbonyl (C=O) groups is 2. The van der Waals surface area contributed by atoms with Gasteiger partial charge in [-0.25, -0.2) is 9.59 Å². The summed E-state index contributed by atoms with van der Waals surface area (Å²) in [7, 11) is 0. The average Bonchev–Trinajstić information content (AvgIpc) is 2.98. The van der Waals surface area contributed by atoms with Crippen molar-refractivity contribution in [3.8, 4) is 0 Å². The number of carbonyl (C=O) groups excluding carboxylic acids is 1. The van der Waals surface area contributed by atoms with Crippen LogP contribution >= 0.6 is 0 Å². The SMILES string of the molecule is C=CCOC(=O)NCC[C@@H]1CN2CC3C=[N+](CC(=O)O)C=C3CN1C[C@@H]2CC. The van der Waals surface area contributed by atoms with Crippen molar-refractivity contribution in [2.45, 2.75) is 31.8 Å². The van der Waals surface area contributed by atoms with E-state index in [0.29, 0.717) is 18.6 Å². The highest BCUT2D eigenvalue weighted by Crippen LogP contribution is 2.29. The second kappa shape index (κ2) is 9.34. The maximum absolute atomic E-state index is 11.6. The molecule has 4 heterocycles. The van der Waals surface area contributed by atoms with E-state index in [0.717, 1.165) is 39.0 Å². The first-order chi connectivity index (χ1) is 13.5. The monoisotopic (exact) mass is 391 g/mol. The number of carboxylic acids is 1. The van der Waals surface area contributed by atoms with E-state index in [9.17, 15) is 9.59 Å². The number of piperazine rings is 1. The summed E-state index contributed by atoms with van der Waals surface area (Å²) in [6.07, 6.45) is 7.16. The second-order valence-corrected chi connectivity index (χ2v) is 7.73. The van der Waals surface area contributed by atoms with Crippen molar-refractivity contribution in [1.29, 1.82) is 0 Å². The van der Waals surface area contributed by atoms with Crippen LogP contribution in [0.5, 0.6) is 0 Å². The molecule has 0 aromatic rings. The summed E-state index contributed by atoms with van der Waals surface area (Å²) < 4.78 is 6.77. The molecule has 0 aromatic heterocycles. The highest BCUT2D eigenvalue weighted by molar-refractivity contribution is 5.70. The number of carboxylic acid groups (broad SMARTS) is 1. The summed E-state index contributed by atoms with van der Waals surface area (Å²) in [4.78, 5) is 27.7. The van der Waals surface area contributed by atoms with Crippen LogP contribution in [0.1, 0.15) is 19.8 Å². The van der Waals surface area contributed by atoms with Crippen molar-refractivity contribution in [2.75, 3.05) is 45.9 Å². The quantitative estimate of drug-likeness (QED) is 0.469. The normalized spacial score (nSPS) is 31.1. The number of alkyl carbamates (subject to hydrolysis) is 1. The van der Waals surface area contributed by atoms with E-state index in [1.807, 2.05) is 10.8 Å². The van der Waals surface area contributed by atoms with Crippen molar-refractivity contribution >= 4 is 18.3 Å². The average molecular weight is 391 g/mol. The van der Waals surface area contributed by atoms with Gasteiger partial charge < -0.3 is 15.2 Å². The van der Waals surface area contributed by atoms with Crippen LogP contribution in [0.2, 0.25) is 0 Å². The summed E-state index contributed by atoms with van der Waals surface area (Å²) in [5.41, 5.74) is 1.28. The van der Waals surface area contributed by atoms with Crippen LogP contribution in [0, 0.1) is 5.92 Å². The molecule has 5 atom stereocenters. The number of fused-ring (bicyclic) bond motifs is 2. The molecular formula is C20H31N4O4+. The lowest BCUT2D eigenvalue weighted by Crippen LogP contribution is -2.61. The summed E-state index contributed by atoms with van der Waals surface area (Å²) >= 11 is 0. The van der Waals surface area contributed by atoms with E-state index in [1.54, 1.807) is 6.08 Å². The number of hydrogen-bond acceptors (Lipinski definition) is 5. The van der Waals surface area contributed by atoms with Crippen LogP contribution in [0.15, 0.2) is 24.4 Å². The molecule has 0 spiro atoms. The van der Waals surface area contributed by atoms with Gasteiger partial charge in [-0.05, 0) is 12.8 Å². The summed E-state index contributed by atoms with van der Waals surface area (Å²) in [5, 5.41) is 11.9. The zero-order valence-corrected chi connectivity index (χ0v) is 16.5. The van der Waals surface area contributed by atoms with Gasteiger partial charge in [0.1, 0.15) is 6.61 Å². The number of hydrogen-bond donors (Lipinski definition) is 2. The number of nitrogens with zero attached hydrogens (tertiary/aromatic N) is 3. The van der Waals surface area contributed by atoms with Crippen LogP contribution < -0.4 is 5.32 Å². The van der Waals surface area contributed by atoms with Crippen LogP contribution in [0.4, 0.5) is 4.79 Å². The molecule has 3 fully saturated rings. The Morgan fingerprint density at radius 2 is 2.14 bits per heavy atom. The fourth-order valence-corrected chi connectivity index (χ4v) is 4.42. The Morgan fingerprint density at radius 3 is 2.86 bits per heavy atom. The number of ether oxygens (including phenoxy) is 1. The Balaban J connectivity index is 1.63. The molecule has 0 saturated carbocycles. The molecule has 0 aromatic carbocycles. The molecule has 8 heteroatoms. The molecule has 4 aliphatic rings. The molecule has 154 valence electrons. The summed E-state index contributed by atoms with van der Waals surface area (Å²) in [5.74, 6) is -0.533. The minimum absolute atomic E-state index is 0.0113. The minimum atomic E-state index is -0.815. The minimum Gasteiger partial charge on any atom is -0.477 e. The Kier molecular flexibility index (Phi) is 6.85. The van der Waals surface area contributed by atoms with E-state index >= 15 is 0 Å². The second-order valence-electron chi connectivity index (χ2n) is 7.73. The zero-order chi connectivity index (χ0) is 20.1. The highest BCUT2D eigenvalue weighted by Gasteiger charge is 2.40. The first kappa shape index (κ1) is 20.5. The van der Waals surface area contributed by atoms with Crippen molar-refractivity contribution in [3.63, 3.8) is 0 Å². The van der Waals surface area contributed by atoms with Crippen LogP contribution in [0.25, 0.3) is 0 Å². The summed E-state index contributed by atoms with van der Waals surface area (Å²) in [6, 6.07) is 0.878. The Labute approximate surface area is 166 Å². The Morgan fingerprint density at radius 1 is 1.36 bits per heavy atom. The first-order valence-corrected chi connectivity index (χ1v) is 10.0. The van der Waals surface area contributed by atoms with Gasteiger partial charge in [-0.2, -0.15) is 4.58 Å². The van der Waals surface area contributed by atoms with Gasteiger partial charge in [0.15, 0.2) is 12.4 Å². The third kappa shape index (κ3) is 4.99. The molecule has 8 nitrogen and oxygen atoms in total. The van der Waals surface area contributed by atoms with Crippen molar-refractivity contribution in [1.82, 2.24) is 15.1 Å². The predicted molar refractivity (Wildman–Crippen MR) is 106 cm³/mol. The van der Waals surface area contributed by atoms with Gasteiger partial charge >= 0.3 is 12.1 Å². The number of amides is 1. The molecule has 0 radical (unpaired) electrons. The lowest BCUT2D eigenvalue weighted by Gasteiger charge is -2.49. The van der Waals surface area contributed by atoms with E-state index in [-0.39, 0.29) is 19.1 Å². The molecule has 1 amide bonds. The fourth-order valence-electron chi connectivity index (χ4n) is 4.42. The van der Waals surface area contributed by atoms with Gasteiger partial charge in [0.2, 0.25) is 6.54 Å². The molecule has 4 rings (SSSR count). The maximum atomic E-state index is 11.6. The van der Waals surface area contributed by atoms with Gasteiger partial charge in [-0.3, -0.25) is 9.80 Å².